The van der Waals surface area contributed by atoms with Gasteiger partial charge in [0.25, 0.3) is 0 Å². The molecule has 0 fully saturated rings. The molecule has 1 aromatic rings. The third-order valence-corrected chi connectivity index (χ3v) is 2.82. The van der Waals surface area contributed by atoms with Crippen LogP contribution < -0.4 is 5.32 Å². The number of nitrogens with zero attached hydrogens (tertiary/aromatic N) is 2. The van der Waals surface area contributed by atoms with Gasteiger partial charge in [0.2, 0.25) is 0 Å². The average Bonchev–Trinajstić information content (AvgIpc) is 2.30. The second-order valence-corrected chi connectivity index (χ2v) is 4.15. The lowest BCUT2D eigenvalue weighted by Gasteiger charge is -2.12. The highest BCUT2D eigenvalue weighted by atomic mass is 79.9. The molecule has 1 N–H and O–H groups in total. The summed E-state index contributed by atoms with van der Waals surface area (Å²) in [6.07, 6.45) is 9.79. The summed E-state index contributed by atoms with van der Waals surface area (Å²) in [5.41, 5.74) is 3.47. The molecule has 3 nitrogen and oxygen atoms in total. The van der Waals surface area contributed by atoms with Gasteiger partial charge in [0.15, 0.2) is 0 Å². The number of rotatable bonds is 2. The maximum atomic E-state index is 4.33. The Morgan fingerprint density at radius 1 is 1.20 bits per heavy atom. The second kappa shape index (κ2) is 4.57. The average molecular weight is 266 g/mol. The number of nitrogens with one attached hydrogen (secondary N) is 1. The first-order valence-corrected chi connectivity index (χ1v) is 5.62. The largest absolute Gasteiger partial charge is 0.391 e. The molecule has 1 heterocycles. The van der Waals surface area contributed by atoms with Gasteiger partial charge in [-0.25, -0.2) is 4.98 Å². The molecule has 0 radical (unpaired) electrons. The lowest BCUT2D eigenvalue weighted by atomic mass is 10.0. The normalized spacial score (nSPS) is 15.6. The summed E-state index contributed by atoms with van der Waals surface area (Å²) in [6, 6.07) is 0. The standard InChI is InChI=1S/C11H12BrN3/c1-13-9-4-2-8(3-5-9)10-6-15-11(12)7-14-10/h2,5-7,13H,3-4H2,1H3. The van der Waals surface area contributed by atoms with Crippen LogP contribution in [-0.2, 0) is 0 Å². The Bertz CT molecular complexity index is 406. The van der Waals surface area contributed by atoms with Crippen molar-refractivity contribution in [3.8, 4) is 0 Å². The summed E-state index contributed by atoms with van der Waals surface area (Å²) in [7, 11) is 1.95. The van der Waals surface area contributed by atoms with Gasteiger partial charge in [0.05, 0.1) is 18.1 Å². The lowest BCUT2D eigenvalue weighted by Crippen LogP contribution is -2.07. The van der Waals surface area contributed by atoms with Crippen LogP contribution in [-0.4, -0.2) is 17.0 Å². The summed E-state index contributed by atoms with van der Waals surface area (Å²) in [4.78, 5) is 8.50. The molecule has 0 amide bonds. The zero-order chi connectivity index (χ0) is 10.7. The number of aromatic nitrogens is 2. The first kappa shape index (κ1) is 10.4. The van der Waals surface area contributed by atoms with E-state index < -0.39 is 0 Å². The van der Waals surface area contributed by atoms with E-state index in [1.165, 1.54) is 11.3 Å². The fourth-order valence-corrected chi connectivity index (χ4v) is 1.73. The summed E-state index contributed by atoms with van der Waals surface area (Å²) < 4.78 is 0.772. The molecule has 0 spiro atoms. The maximum Gasteiger partial charge on any atom is 0.124 e. The van der Waals surface area contributed by atoms with Crippen molar-refractivity contribution < 1.29 is 0 Å². The maximum absolute atomic E-state index is 4.33. The van der Waals surface area contributed by atoms with Crippen LogP contribution in [0.15, 0.2) is 34.8 Å². The molecule has 0 saturated heterocycles. The molecule has 1 aliphatic carbocycles. The van der Waals surface area contributed by atoms with E-state index in [2.05, 4.69) is 43.4 Å². The quantitative estimate of drug-likeness (QED) is 0.893. The van der Waals surface area contributed by atoms with Crippen molar-refractivity contribution in [3.05, 3.63) is 40.5 Å². The van der Waals surface area contributed by atoms with Crippen LogP contribution in [0.1, 0.15) is 18.5 Å². The number of hydrogen-bond donors (Lipinski definition) is 1. The molecule has 0 unspecified atom stereocenters. The zero-order valence-electron chi connectivity index (χ0n) is 8.50. The van der Waals surface area contributed by atoms with E-state index in [0.717, 1.165) is 23.1 Å². The van der Waals surface area contributed by atoms with Crippen LogP contribution in [0.3, 0.4) is 0 Å². The minimum atomic E-state index is 0.772. The highest BCUT2D eigenvalue weighted by molar-refractivity contribution is 9.10. The lowest BCUT2D eigenvalue weighted by molar-refractivity contribution is 0.913. The first-order chi connectivity index (χ1) is 7.29. The third kappa shape index (κ3) is 2.45. The monoisotopic (exact) mass is 265 g/mol. The van der Waals surface area contributed by atoms with Gasteiger partial charge >= 0.3 is 0 Å². The third-order valence-electron chi connectivity index (χ3n) is 2.41. The SMILES string of the molecule is CNC1=CCC(c2cnc(Br)cn2)=CC1. The number of hydrogen-bond acceptors (Lipinski definition) is 3. The fourth-order valence-electron chi connectivity index (χ4n) is 1.52. The predicted octanol–water partition coefficient (Wildman–Crippen LogP) is 2.52. The Kier molecular flexibility index (Phi) is 3.16. The molecule has 1 aromatic heterocycles. The molecule has 0 aliphatic heterocycles. The van der Waals surface area contributed by atoms with Crippen LogP contribution in [0.25, 0.3) is 5.57 Å². The molecule has 15 heavy (non-hydrogen) atoms. The van der Waals surface area contributed by atoms with Crippen molar-refractivity contribution in [2.24, 2.45) is 0 Å². The topological polar surface area (TPSA) is 37.8 Å². The molecule has 2 rings (SSSR count). The molecule has 0 aromatic carbocycles. The number of allylic oxidation sites excluding steroid dienone is 3. The van der Waals surface area contributed by atoms with Crippen molar-refractivity contribution in [3.63, 3.8) is 0 Å². The molecule has 0 saturated carbocycles. The fraction of sp³-hybridized carbons (Fsp3) is 0.273. The van der Waals surface area contributed by atoms with E-state index in [-0.39, 0.29) is 0 Å². The molecule has 1 aliphatic rings. The Morgan fingerprint density at radius 2 is 2.07 bits per heavy atom. The van der Waals surface area contributed by atoms with Crippen molar-refractivity contribution in [2.75, 3.05) is 7.05 Å². The van der Waals surface area contributed by atoms with Crippen molar-refractivity contribution in [1.82, 2.24) is 15.3 Å². The number of halogens is 1. The van der Waals surface area contributed by atoms with E-state index in [9.17, 15) is 0 Å². The molecule has 0 bridgehead atoms. The summed E-state index contributed by atoms with van der Waals surface area (Å²) >= 11 is 3.28. The van der Waals surface area contributed by atoms with E-state index in [4.69, 9.17) is 0 Å². The summed E-state index contributed by atoms with van der Waals surface area (Å²) in [6.45, 7) is 0. The first-order valence-electron chi connectivity index (χ1n) is 4.83. The van der Waals surface area contributed by atoms with Crippen LogP contribution in [0, 0.1) is 0 Å². The van der Waals surface area contributed by atoms with Crippen LogP contribution >= 0.6 is 15.9 Å². The molecular weight excluding hydrogens is 254 g/mol. The smallest absolute Gasteiger partial charge is 0.124 e. The van der Waals surface area contributed by atoms with Gasteiger partial charge < -0.3 is 5.32 Å². The van der Waals surface area contributed by atoms with Crippen molar-refractivity contribution in [1.29, 1.82) is 0 Å². The van der Waals surface area contributed by atoms with Crippen LogP contribution in [0.5, 0.6) is 0 Å². The van der Waals surface area contributed by atoms with Gasteiger partial charge in [-0.15, -0.1) is 0 Å². The van der Waals surface area contributed by atoms with Gasteiger partial charge in [-0.1, -0.05) is 12.2 Å². The van der Waals surface area contributed by atoms with Gasteiger partial charge in [-0.3, -0.25) is 4.98 Å². The second-order valence-electron chi connectivity index (χ2n) is 3.34. The summed E-state index contributed by atoms with van der Waals surface area (Å²) in [5.74, 6) is 0. The zero-order valence-corrected chi connectivity index (χ0v) is 10.1. The van der Waals surface area contributed by atoms with Crippen molar-refractivity contribution in [2.45, 2.75) is 12.8 Å². The molecule has 4 heteroatoms. The van der Waals surface area contributed by atoms with Gasteiger partial charge in [0.1, 0.15) is 4.60 Å². The Hall–Kier alpha value is -1.16. The minimum absolute atomic E-state index is 0.772. The molecule has 0 atom stereocenters. The van der Waals surface area contributed by atoms with Crippen LogP contribution in [0.2, 0.25) is 0 Å². The van der Waals surface area contributed by atoms with E-state index in [0.29, 0.717) is 0 Å². The highest BCUT2D eigenvalue weighted by Crippen LogP contribution is 2.23. The van der Waals surface area contributed by atoms with Crippen LogP contribution in [0.4, 0.5) is 0 Å². The Balaban J connectivity index is 2.14. The van der Waals surface area contributed by atoms with Gasteiger partial charge in [0, 0.05) is 19.2 Å². The van der Waals surface area contributed by atoms with Gasteiger partial charge in [-0.2, -0.15) is 0 Å². The summed E-state index contributed by atoms with van der Waals surface area (Å²) in [5, 5.41) is 3.16. The minimum Gasteiger partial charge on any atom is -0.391 e. The van der Waals surface area contributed by atoms with E-state index >= 15 is 0 Å². The van der Waals surface area contributed by atoms with Gasteiger partial charge in [-0.05, 0) is 27.9 Å². The van der Waals surface area contributed by atoms with E-state index in [1.54, 1.807) is 12.4 Å². The highest BCUT2D eigenvalue weighted by Gasteiger charge is 2.07. The van der Waals surface area contributed by atoms with Crippen molar-refractivity contribution >= 4 is 21.5 Å². The molecule has 78 valence electrons. The predicted molar refractivity (Wildman–Crippen MR) is 64.1 cm³/mol. The Morgan fingerprint density at radius 3 is 2.60 bits per heavy atom. The molecular formula is C11H12BrN3. The Labute approximate surface area is 97.5 Å². The van der Waals surface area contributed by atoms with E-state index in [1.807, 2.05) is 7.05 Å².